The molecule has 1 aliphatic rings. The van der Waals surface area contributed by atoms with Gasteiger partial charge in [-0.15, -0.1) is 23.1 Å². The Bertz CT molecular complexity index is 1040. The van der Waals surface area contributed by atoms with Gasteiger partial charge in [0.15, 0.2) is 0 Å². The van der Waals surface area contributed by atoms with E-state index < -0.39 is 0 Å². The molecule has 0 saturated carbocycles. The second-order valence-electron chi connectivity index (χ2n) is 5.59. The highest BCUT2D eigenvalue weighted by Gasteiger charge is 2.14. The lowest BCUT2D eigenvalue weighted by Crippen LogP contribution is -1.93. The molecule has 0 atom stereocenters. The molecule has 5 rings (SSSR count). The van der Waals surface area contributed by atoms with Gasteiger partial charge in [0, 0.05) is 33.6 Å². The number of fused-ring (bicyclic) bond motifs is 3. The van der Waals surface area contributed by atoms with Crippen LogP contribution in [0.4, 0.5) is 11.4 Å². The smallest absolute Gasteiger partial charge is 0.0832 e. The summed E-state index contributed by atoms with van der Waals surface area (Å²) in [5.41, 5.74) is 7.57. The maximum Gasteiger partial charge on any atom is 0.0832 e. The molecule has 1 aliphatic heterocycles. The third-order valence-electron chi connectivity index (χ3n) is 4.16. The lowest BCUT2D eigenvalue weighted by Gasteiger charge is -2.11. The van der Waals surface area contributed by atoms with Crippen LogP contribution in [0.25, 0.3) is 21.1 Å². The molecule has 0 bridgehead atoms. The summed E-state index contributed by atoms with van der Waals surface area (Å²) in [6, 6.07) is 12.9. The first-order valence-electron chi connectivity index (χ1n) is 7.51. The summed E-state index contributed by atoms with van der Waals surface area (Å²) in [5, 5.41) is 4.72. The van der Waals surface area contributed by atoms with Gasteiger partial charge in [-0.3, -0.25) is 4.98 Å². The van der Waals surface area contributed by atoms with Crippen LogP contribution in [0.2, 0.25) is 0 Å². The summed E-state index contributed by atoms with van der Waals surface area (Å²) in [4.78, 5) is 10.3. The van der Waals surface area contributed by atoms with E-state index in [2.05, 4.69) is 45.6 Å². The van der Waals surface area contributed by atoms with E-state index in [0.29, 0.717) is 0 Å². The van der Waals surface area contributed by atoms with Gasteiger partial charge in [0.25, 0.3) is 0 Å². The predicted molar refractivity (Wildman–Crippen MR) is 99.1 cm³/mol. The molecule has 2 aromatic heterocycles. The van der Waals surface area contributed by atoms with Crippen molar-refractivity contribution in [2.24, 2.45) is 0 Å². The fourth-order valence-corrected chi connectivity index (χ4v) is 4.77. The van der Waals surface area contributed by atoms with Crippen LogP contribution >= 0.6 is 23.1 Å². The molecule has 112 valence electrons. The fraction of sp³-hybridized carbons (Fsp3) is 0.111. The number of nitrogens with one attached hydrogen (secondary N) is 1. The number of rotatable bonds is 2. The van der Waals surface area contributed by atoms with Crippen LogP contribution in [-0.4, -0.2) is 15.7 Å². The van der Waals surface area contributed by atoms with E-state index >= 15 is 0 Å². The average Bonchev–Trinajstić information content (AvgIpc) is 3.21. The third kappa shape index (κ3) is 2.28. The van der Waals surface area contributed by atoms with Gasteiger partial charge in [-0.25, -0.2) is 4.98 Å². The van der Waals surface area contributed by atoms with Crippen molar-refractivity contribution in [3.8, 4) is 0 Å². The van der Waals surface area contributed by atoms with Crippen molar-refractivity contribution < 1.29 is 0 Å². The van der Waals surface area contributed by atoms with E-state index in [4.69, 9.17) is 0 Å². The van der Waals surface area contributed by atoms with E-state index in [9.17, 15) is 0 Å². The zero-order valence-corrected chi connectivity index (χ0v) is 13.9. The topological polar surface area (TPSA) is 37.8 Å². The average molecular weight is 335 g/mol. The summed E-state index contributed by atoms with van der Waals surface area (Å²) < 4.78 is 1.21. The Morgan fingerprint density at radius 1 is 1.00 bits per heavy atom. The van der Waals surface area contributed by atoms with Crippen LogP contribution in [0, 0.1) is 0 Å². The molecular weight excluding hydrogens is 322 g/mol. The SMILES string of the molecule is c1cc(Nc2ccc3scnc3c2)c2cc3c(cc2n1)CCS3. The maximum absolute atomic E-state index is 4.54. The van der Waals surface area contributed by atoms with E-state index in [-0.39, 0.29) is 0 Å². The predicted octanol–water partition coefficient (Wildman–Crippen LogP) is 5.24. The van der Waals surface area contributed by atoms with Crippen molar-refractivity contribution in [2.75, 3.05) is 11.1 Å². The van der Waals surface area contributed by atoms with Crippen molar-refractivity contribution in [3.05, 3.63) is 53.7 Å². The molecule has 0 spiro atoms. The molecule has 3 nitrogen and oxygen atoms in total. The highest BCUT2D eigenvalue weighted by Crippen LogP contribution is 2.36. The molecule has 0 saturated heterocycles. The van der Waals surface area contributed by atoms with Crippen LogP contribution in [0.5, 0.6) is 0 Å². The van der Waals surface area contributed by atoms with Crippen LogP contribution in [0.1, 0.15) is 5.56 Å². The summed E-state index contributed by atoms with van der Waals surface area (Å²) in [6.07, 6.45) is 3.02. The first kappa shape index (κ1) is 13.3. The Kier molecular flexibility index (Phi) is 3.02. The Hall–Kier alpha value is -2.11. The first-order valence-corrected chi connectivity index (χ1v) is 9.38. The van der Waals surface area contributed by atoms with Crippen molar-refractivity contribution >= 4 is 55.6 Å². The first-order chi connectivity index (χ1) is 11.4. The van der Waals surface area contributed by atoms with Crippen molar-refractivity contribution in [3.63, 3.8) is 0 Å². The van der Waals surface area contributed by atoms with Crippen LogP contribution in [0.15, 0.2) is 53.0 Å². The van der Waals surface area contributed by atoms with Gasteiger partial charge in [0.2, 0.25) is 0 Å². The molecule has 0 fully saturated rings. The van der Waals surface area contributed by atoms with Gasteiger partial charge in [0.1, 0.15) is 0 Å². The molecular formula is C18H13N3S2. The largest absolute Gasteiger partial charge is 0.355 e. The number of hydrogen-bond donors (Lipinski definition) is 1. The molecule has 4 aromatic rings. The standard InChI is InChI=1S/C18H13N3S2/c1-2-17-16(20-10-23-17)8-12(1)21-14-3-5-19-15-7-11-4-6-22-18(11)9-13(14)15/h1-3,5,7-10H,4,6H2,(H,19,21). The maximum atomic E-state index is 4.54. The molecule has 23 heavy (non-hydrogen) atoms. The van der Waals surface area contributed by atoms with Crippen molar-refractivity contribution in [1.82, 2.24) is 9.97 Å². The number of pyridine rings is 1. The zero-order chi connectivity index (χ0) is 15.2. The quantitative estimate of drug-likeness (QED) is 0.544. The molecule has 0 unspecified atom stereocenters. The minimum absolute atomic E-state index is 1.04. The monoisotopic (exact) mass is 335 g/mol. The van der Waals surface area contributed by atoms with E-state index in [0.717, 1.165) is 28.8 Å². The number of thioether (sulfide) groups is 1. The summed E-state index contributed by atoms with van der Waals surface area (Å²) >= 11 is 3.60. The molecule has 5 heteroatoms. The Balaban J connectivity index is 1.61. The highest BCUT2D eigenvalue weighted by atomic mass is 32.2. The van der Waals surface area contributed by atoms with Gasteiger partial charge >= 0.3 is 0 Å². The highest BCUT2D eigenvalue weighted by molar-refractivity contribution is 7.99. The summed E-state index contributed by atoms with van der Waals surface area (Å²) in [5.74, 6) is 1.18. The number of nitrogens with zero attached hydrogens (tertiary/aromatic N) is 2. The second kappa shape index (κ2) is 5.22. The number of benzene rings is 2. The molecule has 3 heterocycles. The molecule has 2 aromatic carbocycles. The van der Waals surface area contributed by atoms with Gasteiger partial charge in [-0.1, -0.05) is 0 Å². The summed E-state index contributed by atoms with van der Waals surface area (Å²) in [6.45, 7) is 0. The molecule has 1 N–H and O–H groups in total. The van der Waals surface area contributed by atoms with Crippen molar-refractivity contribution in [2.45, 2.75) is 11.3 Å². The van der Waals surface area contributed by atoms with Crippen LogP contribution in [-0.2, 0) is 6.42 Å². The van der Waals surface area contributed by atoms with E-state index in [1.54, 1.807) is 11.3 Å². The second-order valence-corrected chi connectivity index (χ2v) is 7.62. The Morgan fingerprint density at radius 2 is 2.00 bits per heavy atom. The lowest BCUT2D eigenvalue weighted by molar-refractivity contribution is 1.15. The van der Waals surface area contributed by atoms with Crippen LogP contribution < -0.4 is 5.32 Å². The number of anilines is 2. The van der Waals surface area contributed by atoms with Gasteiger partial charge < -0.3 is 5.32 Å². The summed E-state index contributed by atoms with van der Waals surface area (Å²) in [7, 11) is 0. The Morgan fingerprint density at radius 3 is 3.00 bits per heavy atom. The molecule has 0 radical (unpaired) electrons. The Labute approximate surface area is 141 Å². The zero-order valence-electron chi connectivity index (χ0n) is 12.2. The number of aromatic nitrogens is 2. The number of hydrogen-bond acceptors (Lipinski definition) is 5. The minimum atomic E-state index is 1.04. The fourth-order valence-electron chi connectivity index (χ4n) is 3.02. The number of aryl methyl sites for hydroxylation is 1. The van der Waals surface area contributed by atoms with E-state index in [1.807, 2.05) is 29.5 Å². The van der Waals surface area contributed by atoms with Crippen LogP contribution in [0.3, 0.4) is 0 Å². The minimum Gasteiger partial charge on any atom is -0.355 e. The lowest BCUT2D eigenvalue weighted by atomic mass is 10.1. The van der Waals surface area contributed by atoms with Gasteiger partial charge in [-0.2, -0.15) is 0 Å². The normalized spacial score (nSPS) is 13.6. The van der Waals surface area contributed by atoms with E-state index in [1.165, 1.54) is 26.3 Å². The third-order valence-corrected chi connectivity index (χ3v) is 6.07. The molecule has 0 amide bonds. The van der Waals surface area contributed by atoms with Crippen molar-refractivity contribution in [1.29, 1.82) is 0 Å². The van der Waals surface area contributed by atoms with Gasteiger partial charge in [-0.05, 0) is 48.4 Å². The number of thiazole rings is 1. The molecule has 0 aliphatic carbocycles. The van der Waals surface area contributed by atoms with Gasteiger partial charge in [0.05, 0.1) is 21.2 Å².